The zero-order chi connectivity index (χ0) is 21.7. The number of aryl methyl sites for hydroxylation is 1. The number of rotatable bonds is 7. The van der Waals surface area contributed by atoms with Gasteiger partial charge in [0.15, 0.2) is 0 Å². The van der Waals surface area contributed by atoms with Crippen LogP contribution in [-0.4, -0.2) is 36.4 Å². The van der Waals surface area contributed by atoms with Crippen LogP contribution in [0, 0.1) is 12.3 Å². The Labute approximate surface area is 184 Å². The molecule has 0 unspecified atom stereocenters. The van der Waals surface area contributed by atoms with Gasteiger partial charge in [-0.1, -0.05) is 70.7 Å². The van der Waals surface area contributed by atoms with Crippen molar-refractivity contribution in [1.29, 1.82) is 5.41 Å². The molecule has 0 aliphatic heterocycles. The van der Waals surface area contributed by atoms with E-state index in [4.69, 9.17) is 44.9 Å². The standard InChI is InChI=1S/C19H19Cl3N2O4S/c1-14-8-10-15(11-9-14)29(26,27)24(16-6-2-3-7-17(16)25)12-4-5-13-28-18(23)19(20,21)22/h2-11,23,25H,12-13H2,1H3/b5-4+,23-18?. The third-order valence-corrected chi connectivity index (χ3v) is 6.09. The number of nitrogens with one attached hydrogen (secondary N) is 1. The highest BCUT2D eigenvalue weighted by atomic mass is 35.6. The van der Waals surface area contributed by atoms with Crippen molar-refractivity contribution in [1.82, 2.24) is 0 Å². The van der Waals surface area contributed by atoms with Gasteiger partial charge >= 0.3 is 0 Å². The molecule has 0 aliphatic carbocycles. The molecule has 0 aliphatic rings. The van der Waals surface area contributed by atoms with Crippen LogP contribution in [0.4, 0.5) is 5.69 Å². The summed E-state index contributed by atoms with van der Waals surface area (Å²) in [6.45, 7) is 1.68. The lowest BCUT2D eigenvalue weighted by molar-refractivity contribution is 0.340. The topological polar surface area (TPSA) is 90.7 Å². The Kier molecular flexibility index (Phi) is 7.82. The molecule has 10 heteroatoms. The molecule has 0 spiro atoms. The normalized spacial score (nSPS) is 12.1. The van der Waals surface area contributed by atoms with E-state index in [1.165, 1.54) is 36.4 Å². The number of halogens is 3. The average molecular weight is 478 g/mol. The molecule has 2 N–H and O–H groups in total. The smallest absolute Gasteiger partial charge is 0.265 e. The summed E-state index contributed by atoms with van der Waals surface area (Å²) in [4.78, 5) is 0.0917. The number of nitrogens with zero attached hydrogens (tertiary/aromatic N) is 1. The number of hydrogen-bond donors (Lipinski definition) is 2. The van der Waals surface area contributed by atoms with Crippen molar-refractivity contribution in [3.05, 3.63) is 66.2 Å². The number of ether oxygens (including phenoxy) is 1. The summed E-state index contributed by atoms with van der Waals surface area (Å²) < 4.78 is 30.4. The molecule has 0 fully saturated rings. The largest absolute Gasteiger partial charge is 0.506 e. The maximum atomic E-state index is 13.2. The maximum absolute atomic E-state index is 13.2. The first-order chi connectivity index (χ1) is 13.5. The number of para-hydroxylation sites is 2. The second-order valence-corrected chi connectivity index (χ2v) is 10.1. The summed E-state index contributed by atoms with van der Waals surface area (Å²) >= 11 is 16.6. The fourth-order valence-electron chi connectivity index (χ4n) is 2.29. The van der Waals surface area contributed by atoms with Crippen molar-refractivity contribution in [3.8, 4) is 5.75 Å². The SMILES string of the molecule is Cc1ccc(S(=O)(=O)N(C/C=C/COC(=N)C(Cl)(Cl)Cl)c2ccccc2O)cc1. The Hall–Kier alpha value is -1.93. The highest BCUT2D eigenvalue weighted by Gasteiger charge is 2.28. The van der Waals surface area contributed by atoms with Crippen molar-refractivity contribution >= 4 is 56.4 Å². The summed E-state index contributed by atoms with van der Waals surface area (Å²) in [5.74, 6) is -0.720. The van der Waals surface area contributed by atoms with Gasteiger partial charge in [-0.15, -0.1) is 0 Å². The van der Waals surface area contributed by atoms with E-state index in [0.29, 0.717) is 0 Å². The van der Waals surface area contributed by atoms with E-state index < -0.39 is 19.7 Å². The van der Waals surface area contributed by atoms with Gasteiger partial charge in [-0.2, -0.15) is 0 Å². The molecule has 156 valence electrons. The summed E-state index contributed by atoms with van der Waals surface area (Å²) in [6.07, 6.45) is 3.01. The second-order valence-electron chi connectivity index (χ2n) is 5.95. The summed E-state index contributed by atoms with van der Waals surface area (Å²) in [6, 6.07) is 12.5. The van der Waals surface area contributed by atoms with E-state index >= 15 is 0 Å². The number of phenols is 1. The number of aromatic hydroxyl groups is 1. The van der Waals surface area contributed by atoms with Crippen LogP contribution in [-0.2, 0) is 14.8 Å². The minimum atomic E-state index is -3.94. The van der Waals surface area contributed by atoms with Crippen LogP contribution in [0.3, 0.4) is 0 Å². The Morgan fingerprint density at radius 1 is 1.14 bits per heavy atom. The van der Waals surface area contributed by atoms with Gasteiger partial charge in [-0.25, -0.2) is 8.42 Å². The molecule has 0 amide bonds. The summed E-state index contributed by atoms with van der Waals surface area (Å²) in [7, 11) is -3.94. The Morgan fingerprint density at radius 2 is 1.76 bits per heavy atom. The Balaban J connectivity index is 2.25. The molecule has 0 bridgehead atoms. The van der Waals surface area contributed by atoms with Gasteiger partial charge in [0.2, 0.25) is 5.90 Å². The first-order valence-electron chi connectivity index (χ1n) is 8.34. The lowest BCUT2D eigenvalue weighted by Crippen LogP contribution is -2.31. The van der Waals surface area contributed by atoms with Gasteiger partial charge in [-0.05, 0) is 37.3 Å². The number of phenolic OH excluding ortho intramolecular Hbond substituents is 1. The Morgan fingerprint density at radius 3 is 2.34 bits per heavy atom. The number of hydrogen-bond acceptors (Lipinski definition) is 5. The zero-order valence-electron chi connectivity index (χ0n) is 15.3. The molecular formula is C19H19Cl3N2O4S. The van der Waals surface area contributed by atoms with Crippen molar-refractivity contribution < 1.29 is 18.3 Å². The van der Waals surface area contributed by atoms with Crippen molar-refractivity contribution in [2.24, 2.45) is 0 Å². The monoisotopic (exact) mass is 476 g/mol. The van der Waals surface area contributed by atoms with Gasteiger partial charge < -0.3 is 9.84 Å². The highest BCUT2D eigenvalue weighted by Crippen LogP contribution is 2.31. The quantitative estimate of drug-likeness (QED) is 0.259. The maximum Gasteiger partial charge on any atom is 0.265 e. The van der Waals surface area contributed by atoms with Crippen LogP contribution in [0.2, 0.25) is 0 Å². The van der Waals surface area contributed by atoms with Crippen molar-refractivity contribution in [2.45, 2.75) is 15.6 Å². The average Bonchev–Trinajstić information content (AvgIpc) is 2.64. The van der Waals surface area contributed by atoms with E-state index in [1.54, 1.807) is 24.3 Å². The molecule has 0 heterocycles. The van der Waals surface area contributed by atoms with E-state index in [0.717, 1.165) is 9.87 Å². The molecule has 0 saturated heterocycles. The molecular weight excluding hydrogens is 459 g/mol. The van der Waals surface area contributed by atoms with Crippen LogP contribution in [0.25, 0.3) is 0 Å². The van der Waals surface area contributed by atoms with Crippen LogP contribution in [0.15, 0.2) is 65.6 Å². The molecule has 0 aromatic heterocycles. The number of sulfonamides is 1. The van der Waals surface area contributed by atoms with Crippen molar-refractivity contribution in [2.75, 3.05) is 17.5 Å². The molecule has 2 aromatic rings. The zero-order valence-corrected chi connectivity index (χ0v) is 18.4. The van der Waals surface area contributed by atoms with E-state index in [-0.39, 0.29) is 29.5 Å². The minimum absolute atomic E-state index is 0.0851. The summed E-state index contributed by atoms with van der Waals surface area (Å²) in [5.41, 5.74) is 1.05. The van der Waals surface area contributed by atoms with Gasteiger partial charge in [0.1, 0.15) is 12.4 Å². The van der Waals surface area contributed by atoms with E-state index in [2.05, 4.69) is 0 Å². The van der Waals surface area contributed by atoms with Crippen LogP contribution in [0.1, 0.15) is 5.56 Å². The molecule has 2 rings (SSSR count). The molecule has 29 heavy (non-hydrogen) atoms. The number of benzene rings is 2. The minimum Gasteiger partial charge on any atom is -0.506 e. The van der Waals surface area contributed by atoms with Gasteiger partial charge in [-0.3, -0.25) is 9.71 Å². The molecule has 0 saturated carbocycles. The first kappa shape index (κ1) is 23.3. The van der Waals surface area contributed by atoms with Gasteiger partial charge in [0.05, 0.1) is 17.1 Å². The fourth-order valence-corrected chi connectivity index (χ4v) is 3.88. The summed E-state index contributed by atoms with van der Waals surface area (Å²) in [5, 5.41) is 17.6. The van der Waals surface area contributed by atoms with Crippen LogP contribution < -0.4 is 4.31 Å². The van der Waals surface area contributed by atoms with Crippen molar-refractivity contribution in [3.63, 3.8) is 0 Å². The number of alkyl halides is 3. The third-order valence-electron chi connectivity index (χ3n) is 3.78. The lowest BCUT2D eigenvalue weighted by Gasteiger charge is -2.24. The highest BCUT2D eigenvalue weighted by molar-refractivity contribution is 7.92. The van der Waals surface area contributed by atoms with Crippen LogP contribution >= 0.6 is 34.8 Å². The third kappa shape index (κ3) is 6.27. The van der Waals surface area contributed by atoms with Gasteiger partial charge in [0.25, 0.3) is 13.8 Å². The molecule has 0 radical (unpaired) electrons. The first-order valence-corrected chi connectivity index (χ1v) is 10.9. The predicted octanol–water partition coefficient (Wildman–Crippen LogP) is 4.82. The number of anilines is 1. The van der Waals surface area contributed by atoms with Gasteiger partial charge in [0, 0.05) is 0 Å². The molecule has 0 atom stereocenters. The van der Waals surface area contributed by atoms with E-state index in [9.17, 15) is 13.5 Å². The van der Waals surface area contributed by atoms with E-state index in [1.807, 2.05) is 6.92 Å². The Bertz CT molecular complexity index is 987. The molecule has 2 aromatic carbocycles. The molecule has 6 nitrogen and oxygen atoms in total. The predicted molar refractivity (Wildman–Crippen MR) is 117 cm³/mol. The second kappa shape index (κ2) is 9.71. The fraction of sp³-hybridized carbons (Fsp3) is 0.211. The lowest BCUT2D eigenvalue weighted by atomic mass is 10.2. The van der Waals surface area contributed by atoms with Crippen LogP contribution in [0.5, 0.6) is 5.75 Å².